The summed E-state index contributed by atoms with van der Waals surface area (Å²) in [6.45, 7) is 5.01. The molecule has 18 heavy (non-hydrogen) atoms. The van der Waals surface area contributed by atoms with Gasteiger partial charge in [0.25, 0.3) is 5.91 Å². The molecule has 0 saturated carbocycles. The van der Waals surface area contributed by atoms with Crippen LogP contribution in [0.3, 0.4) is 0 Å². The Balaban J connectivity index is 3.23. The van der Waals surface area contributed by atoms with Crippen LogP contribution in [-0.2, 0) is 9.36 Å². The largest absolute Gasteiger partial charge is 0.326 e. The Morgan fingerprint density at radius 3 is 2.06 bits per heavy atom. The third-order valence-corrected chi connectivity index (χ3v) is 4.98. The summed E-state index contributed by atoms with van der Waals surface area (Å²) in [4.78, 5) is 41.6. The van der Waals surface area contributed by atoms with Crippen molar-refractivity contribution in [1.82, 2.24) is 10.6 Å². The van der Waals surface area contributed by atoms with Crippen molar-refractivity contribution in [1.29, 1.82) is 0 Å². The molecule has 4 N–H and O–H groups in total. The summed E-state index contributed by atoms with van der Waals surface area (Å²) >= 11 is 0. The van der Waals surface area contributed by atoms with Crippen LogP contribution in [0.2, 0.25) is 0 Å². The molecular formula is C10H19N2O5P. The fraction of sp³-hybridized carbons (Fsp3) is 0.800. The smallest absolute Gasteiger partial charge is 0.324 e. The van der Waals surface area contributed by atoms with E-state index < -0.39 is 36.6 Å². The monoisotopic (exact) mass is 278 g/mol. The highest BCUT2D eigenvalue weighted by Gasteiger charge is 2.57. The van der Waals surface area contributed by atoms with Gasteiger partial charge in [0.15, 0.2) is 0 Å². The van der Waals surface area contributed by atoms with Crippen LogP contribution in [0.25, 0.3) is 0 Å². The van der Waals surface area contributed by atoms with Crippen molar-refractivity contribution < 1.29 is 23.9 Å². The molecule has 0 spiro atoms. The Morgan fingerprint density at radius 1 is 1.28 bits per heavy atom. The highest BCUT2D eigenvalue weighted by Crippen LogP contribution is 2.51. The molecule has 1 saturated heterocycles. The van der Waals surface area contributed by atoms with E-state index in [1.807, 2.05) is 0 Å². The van der Waals surface area contributed by atoms with E-state index >= 15 is 0 Å². The van der Waals surface area contributed by atoms with Gasteiger partial charge in [-0.25, -0.2) is 4.79 Å². The number of carbonyl (C=O) groups is 2. The minimum Gasteiger partial charge on any atom is -0.324 e. The van der Waals surface area contributed by atoms with Crippen LogP contribution in [0.4, 0.5) is 4.79 Å². The van der Waals surface area contributed by atoms with Gasteiger partial charge < -0.3 is 15.1 Å². The Bertz CT molecular complexity index is 414. The van der Waals surface area contributed by atoms with E-state index in [4.69, 9.17) is 0 Å². The highest BCUT2D eigenvalue weighted by atomic mass is 31.2. The zero-order valence-corrected chi connectivity index (χ0v) is 11.6. The maximum absolute atomic E-state index is 11.9. The molecule has 1 rings (SSSR count). The van der Waals surface area contributed by atoms with Gasteiger partial charge in [0, 0.05) is 5.41 Å². The minimum atomic E-state index is -4.29. The number of hydrogen-bond acceptors (Lipinski definition) is 3. The Morgan fingerprint density at radius 2 is 1.78 bits per heavy atom. The predicted octanol–water partition coefficient (Wildman–Crippen LogP) is 0.569. The minimum absolute atomic E-state index is 0.374. The molecule has 0 aromatic carbocycles. The first-order valence-corrected chi connectivity index (χ1v) is 7.58. The zero-order chi connectivity index (χ0) is 14.2. The number of urea groups is 1. The lowest BCUT2D eigenvalue weighted by molar-refractivity contribution is -0.128. The summed E-state index contributed by atoms with van der Waals surface area (Å²) in [5.41, 5.74) is -2.27. The SMILES string of the molecule is CCC(CC)(CP(=O)(O)O)C1(C)NC(=O)NC1=O. The van der Waals surface area contributed by atoms with Gasteiger partial charge in [-0.15, -0.1) is 0 Å². The Labute approximate surface area is 105 Å². The van der Waals surface area contributed by atoms with Gasteiger partial charge in [-0.1, -0.05) is 13.8 Å². The number of amides is 3. The van der Waals surface area contributed by atoms with E-state index in [9.17, 15) is 23.9 Å². The summed E-state index contributed by atoms with van der Waals surface area (Å²) in [6.07, 6.45) is 0.314. The van der Waals surface area contributed by atoms with E-state index in [2.05, 4.69) is 10.6 Å². The van der Waals surface area contributed by atoms with Gasteiger partial charge in [0.05, 0.1) is 6.16 Å². The standard InChI is InChI=1S/C10H19N2O5P/c1-4-10(5-2,6-18(15,16)17)9(3)7(13)11-8(14)12-9/h4-6H2,1-3H3,(H2,15,16,17)(H2,11,12,13,14). The molecule has 1 fully saturated rings. The summed E-state index contributed by atoms with van der Waals surface area (Å²) in [5.74, 6) is -0.537. The number of imide groups is 1. The number of rotatable bonds is 5. The first kappa shape index (κ1) is 15.1. The third kappa shape index (κ3) is 2.43. The lowest BCUT2D eigenvalue weighted by atomic mass is 9.68. The van der Waals surface area contributed by atoms with Crippen LogP contribution in [0.5, 0.6) is 0 Å². The second-order valence-electron chi connectivity index (χ2n) is 4.84. The fourth-order valence-electron chi connectivity index (χ4n) is 2.65. The van der Waals surface area contributed by atoms with E-state index in [1.54, 1.807) is 13.8 Å². The average molecular weight is 278 g/mol. The van der Waals surface area contributed by atoms with Crippen molar-refractivity contribution in [2.75, 3.05) is 6.16 Å². The first-order valence-electron chi connectivity index (χ1n) is 5.78. The average Bonchev–Trinajstić information content (AvgIpc) is 2.49. The molecule has 1 heterocycles. The van der Waals surface area contributed by atoms with Crippen molar-refractivity contribution in [3.63, 3.8) is 0 Å². The van der Waals surface area contributed by atoms with E-state index in [1.165, 1.54) is 6.92 Å². The summed E-state index contributed by atoms with van der Waals surface area (Å²) in [6, 6.07) is -0.625. The molecule has 7 nitrogen and oxygen atoms in total. The van der Waals surface area contributed by atoms with Crippen LogP contribution in [0, 0.1) is 5.41 Å². The quantitative estimate of drug-likeness (QED) is 0.433. The van der Waals surface area contributed by atoms with Gasteiger partial charge in [0.1, 0.15) is 5.54 Å². The second-order valence-corrected chi connectivity index (χ2v) is 6.49. The van der Waals surface area contributed by atoms with Crippen LogP contribution < -0.4 is 10.6 Å². The Hall–Kier alpha value is -0.910. The molecule has 1 atom stereocenters. The third-order valence-electron chi connectivity index (χ3n) is 3.97. The second kappa shape index (κ2) is 4.64. The predicted molar refractivity (Wildman–Crippen MR) is 65.0 cm³/mol. The molecule has 3 amide bonds. The molecule has 8 heteroatoms. The molecule has 1 unspecified atom stereocenters. The summed E-state index contributed by atoms with van der Waals surface area (Å²) in [5, 5.41) is 4.63. The first-order chi connectivity index (χ1) is 8.10. The molecule has 0 radical (unpaired) electrons. The maximum atomic E-state index is 11.9. The van der Waals surface area contributed by atoms with Gasteiger partial charge >= 0.3 is 13.6 Å². The molecule has 1 aliphatic rings. The van der Waals surface area contributed by atoms with Crippen molar-refractivity contribution in [3.05, 3.63) is 0 Å². The fourth-order valence-corrected chi connectivity index (χ4v) is 4.20. The van der Waals surface area contributed by atoms with E-state index in [0.29, 0.717) is 12.8 Å². The lowest BCUT2D eigenvalue weighted by Crippen LogP contribution is -2.59. The lowest BCUT2D eigenvalue weighted by Gasteiger charge is -2.43. The number of hydrogen-bond donors (Lipinski definition) is 4. The highest BCUT2D eigenvalue weighted by molar-refractivity contribution is 7.51. The zero-order valence-electron chi connectivity index (χ0n) is 10.7. The Kier molecular flexibility index (Phi) is 3.91. The van der Waals surface area contributed by atoms with Gasteiger partial charge in [-0.05, 0) is 19.8 Å². The molecule has 0 aromatic heterocycles. The topological polar surface area (TPSA) is 116 Å². The van der Waals surface area contributed by atoms with Crippen molar-refractivity contribution in [2.45, 2.75) is 39.2 Å². The van der Waals surface area contributed by atoms with Crippen LogP contribution in [0.1, 0.15) is 33.6 Å². The molecular weight excluding hydrogens is 259 g/mol. The molecule has 0 bridgehead atoms. The van der Waals surface area contributed by atoms with Crippen molar-refractivity contribution in [3.8, 4) is 0 Å². The van der Waals surface area contributed by atoms with Crippen LogP contribution in [0.15, 0.2) is 0 Å². The normalized spacial score (nSPS) is 24.9. The van der Waals surface area contributed by atoms with Crippen LogP contribution >= 0.6 is 7.60 Å². The molecule has 104 valence electrons. The molecule has 0 aromatic rings. The van der Waals surface area contributed by atoms with Gasteiger partial charge in [0.2, 0.25) is 0 Å². The number of nitrogens with one attached hydrogen (secondary N) is 2. The van der Waals surface area contributed by atoms with Crippen LogP contribution in [-0.4, -0.2) is 33.4 Å². The van der Waals surface area contributed by atoms with Crippen molar-refractivity contribution in [2.24, 2.45) is 5.41 Å². The molecule has 1 aliphatic heterocycles. The van der Waals surface area contributed by atoms with Crippen molar-refractivity contribution >= 4 is 19.5 Å². The number of carbonyl (C=O) groups excluding carboxylic acids is 2. The maximum Gasteiger partial charge on any atom is 0.326 e. The van der Waals surface area contributed by atoms with E-state index in [0.717, 1.165) is 0 Å². The van der Waals surface area contributed by atoms with E-state index in [-0.39, 0.29) is 0 Å². The van der Waals surface area contributed by atoms with Gasteiger partial charge in [-0.3, -0.25) is 14.7 Å². The van der Waals surface area contributed by atoms with Gasteiger partial charge in [-0.2, -0.15) is 0 Å². The summed E-state index contributed by atoms with van der Waals surface area (Å²) < 4.78 is 11.3. The summed E-state index contributed by atoms with van der Waals surface area (Å²) in [7, 11) is -4.29. The molecule has 0 aliphatic carbocycles.